The van der Waals surface area contributed by atoms with E-state index in [0.717, 1.165) is 43.6 Å². The number of benzene rings is 2. The molecule has 2 aromatic carbocycles. The Morgan fingerprint density at radius 1 is 0.833 bits per heavy atom. The van der Waals surface area contributed by atoms with E-state index >= 15 is 0 Å². The zero-order valence-corrected chi connectivity index (χ0v) is 38.0. The number of para-hydroxylation sites is 1. The van der Waals surface area contributed by atoms with E-state index in [2.05, 4.69) is 31.6 Å². The first-order valence-corrected chi connectivity index (χ1v) is 23.2. The van der Waals surface area contributed by atoms with Crippen LogP contribution in [0.4, 0.5) is 13.6 Å². The number of nitrogens with two attached hydrogens (primary N) is 2. The molecule has 1 fully saturated rings. The second-order valence-corrected chi connectivity index (χ2v) is 16.6. The molecule has 1 unspecified atom stereocenters. The molecule has 0 bridgehead atoms. The first kappa shape index (κ1) is 53.4. The largest absolute Gasteiger partial charge is 0.480 e. The SMILES string of the molecule is NCCCCC(NC(=O)c1cccc(-n2cc(CNC(=O)CCOCCOCCOCCOCCNC(=O)CCCC[C@H]3C[C@H](NC(N)=O)CS3)nn2)c1)C(=O)COc1c(F)cccc1F. The number of unbranched alkanes of at least 4 members (excludes halogenated alkanes) is 2. The lowest BCUT2D eigenvalue weighted by atomic mass is 10.0. The van der Waals surface area contributed by atoms with Crippen LogP contribution in [0.1, 0.15) is 73.8 Å². The quantitative estimate of drug-likeness (QED) is 0.0471. The number of nitrogens with one attached hydrogen (secondary N) is 4. The van der Waals surface area contributed by atoms with Crippen LogP contribution in [0.25, 0.3) is 5.69 Å². The van der Waals surface area contributed by atoms with Crippen LogP contribution < -0.4 is 37.5 Å². The average Bonchev–Trinajstić information content (AvgIpc) is 3.97. The summed E-state index contributed by atoms with van der Waals surface area (Å²) in [6, 6.07) is 8.34. The van der Waals surface area contributed by atoms with E-state index < -0.39 is 47.8 Å². The maximum Gasteiger partial charge on any atom is 0.312 e. The van der Waals surface area contributed by atoms with E-state index in [-0.39, 0.29) is 49.4 Å². The number of ketones is 1. The normalized spacial score (nSPS) is 15.0. The molecule has 2 heterocycles. The van der Waals surface area contributed by atoms with Crippen LogP contribution in [0.3, 0.4) is 0 Å². The number of urea groups is 1. The summed E-state index contributed by atoms with van der Waals surface area (Å²) in [5.74, 6) is -3.04. The van der Waals surface area contributed by atoms with Crippen LogP contribution in [0.2, 0.25) is 0 Å². The first-order chi connectivity index (χ1) is 32.0. The second-order valence-electron chi connectivity index (χ2n) is 15.3. The third-order valence-corrected chi connectivity index (χ3v) is 11.6. The van der Waals surface area contributed by atoms with Crippen molar-refractivity contribution in [3.8, 4) is 11.4 Å². The molecule has 5 amide bonds. The summed E-state index contributed by atoms with van der Waals surface area (Å²) < 4.78 is 56.6. The number of carbonyl (C=O) groups excluding carboxylic acids is 5. The Bertz CT molecular complexity index is 1950. The molecule has 1 aliphatic rings. The number of amides is 5. The fourth-order valence-electron chi connectivity index (χ4n) is 6.63. The lowest BCUT2D eigenvalue weighted by molar-refractivity contribution is -0.123. The minimum absolute atomic E-state index is 0.00654. The van der Waals surface area contributed by atoms with Gasteiger partial charge in [0.15, 0.2) is 23.2 Å². The number of hydrogen-bond acceptors (Lipinski definition) is 14. The molecular formula is C44H63F2N9O10S. The van der Waals surface area contributed by atoms with Crippen LogP contribution >= 0.6 is 11.8 Å². The van der Waals surface area contributed by atoms with E-state index in [0.29, 0.717) is 95.2 Å². The van der Waals surface area contributed by atoms with Crippen molar-refractivity contribution in [1.82, 2.24) is 36.3 Å². The molecule has 0 spiro atoms. The van der Waals surface area contributed by atoms with Crippen LogP contribution in [0, 0.1) is 11.6 Å². The van der Waals surface area contributed by atoms with Gasteiger partial charge in [0.1, 0.15) is 12.3 Å². The van der Waals surface area contributed by atoms with Gasteiger partial charge >= 0.3 is 6.03 Å². The molecule has 1 saturated heterocycles. The molecule has 0 radical (unpaired) electrons. The predicted molar refractivity (Wildman–Crippen MR) is 241 cm³/mol. The third-order valence-electron chi connectivity index (χ3n) is 10.1. The van der Waals surface area contributed by atoms with Gasteiger partial charge in [-0.2, -0.15) is 11.8 Å². The minimum Gasteiger partial charge on any atom is -0.480 e. The van der Waals surface area contributed by atoms with E-state index in [1.807, 2.05) is 11.8 Å². The zero-order valence-electron chi connectivity index (χ0n) is 37.2. The van der Waals surface area contributed by atoms with Crippen molar-refractivity contribution < 1.29 is 56.4 Å². The number of rotatable bonds is 34. The Hall–Kier alpha value is -5.26. The van der Waals surface area contributed by atoms with Crippen LogP contribution in [-0.2, 0) is 39.9 Å². The van der Waals surface area contributed by atoms with E-state index in [4.69, 9.17) is 35.2 Å². The number of Topliss-reactive ketones (excluding diaryl/α,β-unsaturated/α-hetero) is 1. The van der Waals surface area contributed by atoms with Gasteiger partial charge < -0.3 is 56.4 Å². The highest BCUT2D eigenvalue weighted by atomic mass is 32.2. The highest BCUT2D eigenvalue weighted by Crippen LogP contribution is 2.30. The summed E-state index contributed by atoms with van der Waals surface area (Å²) >= 11 is 1.84. The standard InChI is InChI=1S/C44H63F2N9O10S/c45-36-10-6-11-37(46)42(36)65-29-39(56)38(12-3-4-15-47)52-43(59)31-7-5-8-34(25-31)55-28-33(53-54-55)27-50-41(58)14-17-61-19-21-63-23-24-64-22-20-62-18-16-49-40(57)13-2-1-9-35-26-32(30-66-35)51-44(48)60/h5-8,10-11,25,28,32,35,38H,1-4,9,12-24,26-27,29-30,47H2,(H,49,57)(H,50,58)(H,52,59)(H3,48,51,60)/t32-,35-,38?/m0/s1. The van der Waals surface area contributed by atoms with Crippen molar-refractivity contribution in [3.05, 3.63) is 71.6 Å². The van der Waals surface area contributed by atoms with Gasteiger partial charge in [0, 0.05) is 42.0 Å². The summed E-state index contributed by atoms with van der Waals surface area (Å²) in [4.78, 5) is 61.7. The Balaban J connectivity index is 0.990. The molecule has 66 heavy (non-hydrogen) atoms. The zero-order chi connectivity index (χ0) is 47.4. The number of halogens is 2. The van der Waals surface area contributed by atoms with Gasteiger partial charge in [0.2, 0.25) is 11.8 Å². The van der Waals surface area contributed by atoms with Crippen LogP contribution in [-0.4, -0.2) is 140 Å². The highest BCUT2D eigenvalue weighted by Gasteiger charge is 2.26. The number of thioether (sulfide) groups is 1. The fraction of sp³-hybridized carbons (Fsp3) is 0.568. The molecule has 364 valence electrons. The van der Waals surface area contributed by atoms with E-state index in [9.17, 15) is 32.8 Å². The molecule has 0 aliphatic carbocycles. The summed E-state index contributed by atoms with van der Waals surface area (Å²) in [6.45, 7) is 3.06. The van der Waals surface area contributed by atoms with Crippen LogP contribution in [0.15, 0.2) is 48.7 Å². The molecule has 3 atom stereocenters. The van der Waals surface area contributed by atoms with Gasteiger partial charge in [0.05, 0.1) is 77.3 Å². The Kier molecular flexibility index (Phi) is 24.9. The molecule has 1 aliphatic heterocycles. The molecule has 22 heteroatoms. The van der Waals surface area contributed by atoms with Gasteiger partial charge in [-0.05, 0) is 75.4 Å². The number of primary amides is 1. The molecule has 0 saturated carbocycles. The van der Waals surface area contributed by atoms with Gasteiger partial charge in [0.25, 0.3) is 5.91 Å². The van der Waals surface area contributed by atoms with Crippen molar-refractivity contribution in [2.24, 2.45) is 11.5 Å². The number of nitrogens with zero attached hydrogens (tertiary/aromatic N) is 3. The van der Waals surface area contributed by atoms with Gasteiger partial charge in [-0.3, -0.25) is 19.2 Å². The molecule has 4 rings (SSSR count). The smallest absolute Gasteiger partial charge is 0.312 e. The van der Waals surface area contributed by atoms with Gasteiger partial charge in [-0.15, -0.1) is 5.10 Å². The molecule has 3 aromatic rings. The Labute approximate surface area is 387 Å². The molecular weight excluding hydrogens is 885 g/mol. The monoisotopic (exact) mass is 947 g/mol. The minimum atomic E-state index is -0.994. The highest BCUT2D eigenvalue weighted by molar-refractivity contribution is 8.00. The average molecular weight is 948 g/mol. The van der Waals surface area contributed by atoms with E-state index in [1.54, 1.807) is 30.5 Å². The summed E-state index contributed by atoms with van der Waals surface area (Å²) in [6.07, 6.45) is 7.29. The summed E-state index contributed by atoms with van der Waals surface area (Å²) in [7, 11) is 0. The molecule has 8 N–H and O–H groups in total. The van der Waals surface area contributed by atoms with Crippen molar-refractivity contribution >= 4 is 41.3 Å². The maximum absolute atomic E-state index is 14.0. The summed E-state index contributed by atoms with van der Waals surface area (Å²) in [5, 5.41) is 19.8. The fourth-order valence-corrected chi connectivity index (χ4v) is 8.05. The third kappa shape index (κ3) is 20.9. The number of ether oxygens (including phenoxy) is 5. The Morgan fingerprint density at radius 2 is 1.52 bits per heavy atom. The van der Waals surface area contributed by atoms with E-state index in [1.165, 1.54) is 10.7 Å². The van der Waals surface area contributed by atoms with Crippen molar-refractivity contribution in [2.75, 3.05) is 78.3 Å². The summed E-state index contributed by atoms with van der Waals surface area (Å²) in [5.41, 5.74) is 12.0. The van der Waals surface area contributed by atoms with Gasteiger partial charge in [-0.25, -0.2) is 18.3 Å². The lowest BCUT2D eigenvalue weighted by Crippen LogP contribution is -2.43. The maximum atomic E-state index is 14.0. The van der Waals surface area contributed by atoms with Gasteiger partial charge in [-0.1, -0.05) is 23.8 Å². The number of hydrogen-bond donors (Lipinski definition) is 6. The van der Waals surface area contributed by atoms with Crippen molar-refractivity contribution in [1.29, 1.82) is 0 Å². The number of aromatic nitrogens is 3. The Morgan fingerprint density at radius 3 is 2.23 bits per heavy atom. The molecule has 1 aromatic heterocycles. The topological polar surface area (TPSA) is 262 Å². The van der Waals surface area contributed by atoms with Crippen LogP contribution in [0.5, 0.6) is 5.75 Å². The number of carbonyl (C=O) groups is 5. The molecule has 19 nitrogen and oxygen atoms in total. The second kappa shape index (κ2) is 30.9. The van der Waals surface area contributed by atoms with Crippen molar-refractivity contribution in [3.63, 3.8) is 0 Å². The first-order valence-electron chi connectivity index (χ1n) is 22.2. The predicted octanol–water partition coefficient (Wildman–Crippen LogP) is 2.71. The lowest BCUT2D eigenvalue weighted by Gasteiger charge is -2.18. The van der Waals surface area contributed by atoms with Crippen molar-refractivity contribution in [2.45, 2.75) is 81.7 Å².